The van der Waals surface area contributed by atoms with Crippen LogP contribution in [0.3, 0.4) is 0 Å². The van der Waals surface area contributed by atoms with Crippen molar-refractivity contribution >= 4 is 12.0 Å². The van der Waals surface area contributed by atoms with Crippen molar-refractivity contribution in [2.45, 2.75) is 18.9 Å². The molecular weight excluding hydrogens is 222 g/mol. The van der Waals surface area contributed by atoms with E-state index >= 15 is 0 Å². The van der Waals surface area contributed by atoms with Gasteiger partial charge in [0.2, 0.25) is 0 Å². The molecule has 2 N–H and O–H groups in total. The number of nitrogens with one attached hydrogen (secondary N) is 1. The molecule has 2 fully saturated rings. The number of carbonyl (C=O) groups is 2. The number of amides is 2. The summed E-state index contributed by atoms with van der Waals surface area (Å²) in [5, 5.41) is 11.7. The minimum Gasteiger partial charge on any atom is -0.481 e. The predicted octanol–water partition coefficient (Wildman–Crippen LogP) is -0.193. The number of urea groups is 1. The lowest BCUT2D eigenvalue weighted by atomic mass is 10.0. The summed E-state index contributed by atoms with van der Waals surface area (Å²) in [4.78, 5) is 26.2. The van der Waals surface area contributed by atoms with E-state index in [1.165, 1.54) is 0 Å². The zero-order valence-corrected chi connectivity index (χ0v) is 10.1. The topological polar surface area (TPSA) is 72.9 Å². The molecule has 0 aromatic rings. The second kappa shape index (κ2) is 4.91. The summed E-state index contributed by atoms with van der Waals surface area (Å²) in [5.74, 6) is -1.19. The first-order chi connectivity index (χ1) is 8.06. The fourth-order valence-electron chi connectivity index (χ4n) is 2.22. The maximum absolute atomic E-state index is 11.8. The van der Waals surface area contributed by atoms with Crippen LogP contribution in [0.4, 0.5) is 4.79 Å². The average Bonchev–Trinajstić information content (AvgIpc) is 2.18. The Balaban J connectivity index is 1.70. The third-order valence-electron chi connectivity index (χ3n) is 3.56. The quantitative estimate of drug-likeness (QED) is 0.702. The molecule has 0 aliphatic carbocycles. The smallest absolute Gasteiger partial charge is 0.317 e. The Labute approximate surface area is 101 Å². The van der Waals surface area contributed by atoms with Crippen LogP contribution in [0.1, 0.15) is 12.8 Å². The molecule has 0 radical (unpaired) electrons. The summed E-state index contributed by atoms with van der Waals surface area (Å²) in [5.41, 5.74) is 0. The minimum atomic E-state index is -0.812. The molecule has 96 valence electrons. The molecule has 0 atom stereocenters. The lowest BCUT2D eigenvalue weighted by Gasteiger charge is -2.38. The molecule has 2 saturated heterocycles. The normalized spacial score (nSPS) is 23.2. The summed E-state index contributed by atoms with van der Waals surface area (Å²) in [6.45, 7) is 2.69. The molecule has 0 bridgehead atoms. The van der Waals surface area contributed by atoms with Crippen molar-refractivity contribution in [3.8, 4) is 0 Å². The van der Waals surface area contributed by atoms with Gasteiger partial charge in [-0.25, -0.2) is 4.79 Å². The maximum atomic E-state index is 11.8. The Kier molecular flexibility index (Phi) is 3.51. The lowest BCUT2D eigenvalue weighted by molar-refractivity contribution is -0.146. The molecule has 0 aromatic carbocycles. The van der Waals surface area contributed by atoms with Crippen LogP contribution in [-0.4, -0.2) is 66.2 Å². The molecule has 2 aliphatic rings. The van der Waals surface area contributed by atoms with Crippen molar-refractivity contribution in [1.82, 2.24) is 15.1 Å². The highest BCUT2D eigenvalue weighted by atomic mass is 16.4. The highest BCUT2D eigenvalue weighted by Crippen LogP contribution is 2.16. The zero-order chi connectivity index (χ0) is 12.4. The highest BCUT2D eigenvalue weighted by molar-refractivity contribution is 5.79. The first kappa shape index (κ1) is 12.2. The van der Waals surface area contributed by atoms with Gasteiger partial charge < -0.3 is 20.2 Å². The number of carboxylic acid groups (broad SMARTS) is 1. The highest BCUT2D eigenvalue weighted by Gasteiger charge is 2.36. The van der Waals surface area contributed by atoms with E-state index in [1.54, 1.807) is 4.90 Å². The largest absolute Gasteiger partial charge is 0.481 e. The summed E-state index contributed by atoms with van der Waals surface area (Å²) in [7, 11) is 2.07. The first-order valence-electron chi connectivity index (χ1n) is 6.03. The standard InChI is InChI=1S/C11H19N3O3/c1-13-4-2-9(3-5-13)12-11(17)14-6-8(7-14)10(15)16/h8-9H,2-7H2,1H3,(H,12,17)(H,15,16). The number of carboxylic acids is 1. The van der Waals surface area contributed by atoms with Crippen LogP contribution in [0.2, 0.25) is 0 Å². The van der Waals surface area contributed by atoms with E-state index in [0.717, 1.165) is 25.9 Å². The van der Waals surface area contributed by atoms with Crippen molar-refractivity contribution in [2.75, 3.05) is 33.2 Å². The molecular formula is C11H19N3O3. The van der Waals surface area contributed by atoms with Crippen LogP contribution in [0.25, 0.3) is 0 Å². The number of hydrogen-bond acceptors (Lipinski definition) is 3. The molecule has 2 heterocycles. The molecule has 6 nitrogen and oxygen atoms in total. The number of piperidine rings is 1. The van der Waals surface area contributed by atoms with E-state index < -0.39 is 5.97 Å². The van der Waals surface area contributed by atoms with E-state index in [-0.39, 0.29) is 18.0 Å². The van der Waals surface area contributed by atoms with E-state index in [9.17, 15) is 9.59 Å². The van der Waals surface area contributed by atoms with Gasteiger partial charge in [0.15, 0.2) is 0 Å². The minimum absolute atomic E-state index is 0.114. The molecule has 0 saturated carbocycles. The zero-order valence-electron chi connectivity index (χ0n) is 10.1. The van der Waals surface area contributed by atoms with Gasteiger partial charge >= 0.3 is 12.0 Å². The van der Waals surface area contributed by atoms with E-state index in [1.807, 2.05) is 0 Å². The SMILES string of the molecule is CN1CCC(NC(=O)N2CC(C(=O)O)C2)CC1. The Hall–Kier alpha value is -1.30. The van der Waals surface area contributed by atoms with Crippen molar-refractivity contribution in [3.05, 3.63) is 0 Å². The van der Waals surface area contributed by atoms with Gasteiger partial charge in [0.1, 0.15) is 0 Å². The fourth-order valence-corrected chi connectivity index (χ4v) is 2.22. The van der Waals surface area contributed by atoms with Crippen LogP contribution in [0.5, 0.6) is 0 Å². The summed E-state index contributed by atoms with van der Waals surface area (Å²) >= 11 is 0. The third kappa shape index (κ3) is 2.88. The second-order valence-corrected chi connectivity index (χ2v) is 4.97. The third-order valence-corrected chi connectivity index (χ3v) is 3.56. The van der Waals surface area contributed by atoms with Gasteiger partial charge in [-0.15, -0.1) is 0 Å². The number of rotatable bonds is 2. The maximum Gasteiger partial charge on any atom is 0.317 e. The molecule has 6 heteroatoms. The van der Waals surface area contributed by atoms with E-state index in [2.05, 4.69) is 17.3 Å². The van der Waals surface area contributed by atoms with Crippen molar-refractivity contribution in [3.63, 3.8) is 0 Å². The van der Waals surface area contributed by atoms with Crippen molar-refractivity contribution < 1.29 is 14.7 Å². The Morgan fingerprint density at radius 3 is 2.35 bits per heavy atom. The van der Waals surface area contributed by atoms with Crippen LogP contribution in [0, 0.1) is 5.92 Å². The summed E-state index contributed by atoms with van der Waals surface area (Å²) in [6, 6.07) is 0.125. The molecule has 0 spiro atoms. The number of carbonyl (C=O) groups excluding carboxylic acids is 1. The van der Waals surface area contributed by atoms with Gasteiger partial charge in [-0.2, -0.15) is 0 Å². The van der Waals surface area contributed by atoms with Gasteiger partial charge in [-0.05, 0) is 33.0 Å². The van der Waals surface area contributed by atoms with Crippen molar-refractivity contribution in [2.24, 2.45) is 5.92 Å². The first-order valence-corrected chi connectivity index (χ1v) is 6.03. The molecule has 2 rings (SSSR count). The lowest BCUT2D eigenvalue weighted by Crippen LogP contribution is -2.58. The Bertz CT molecular complexity index is 307. The summed E-state index contributed by atoms with van der Waals surface area (Å²) < 4.78 is 0. The monoisotopic (exact) mass is 241 g/mol. The molecule has 2 aliphatic heterocycles. The van der Waals surface area contributed by atoms with Crippen molar-refractivity contribution in [1.29, 1.82) is 0 Å². The van der Waals surface area contributed by atoms with Gasteiger partial charge in [0.05, 0.1) is 5.92 Å². The molecule has 2 amide bonds. The summed E-state index contributed by atoms with van der Waals surface area (Å²) in [6.07, 6.45) is 1.94. The number of likely N-dealkylation sites (tertiary alicyclic amines) is 2. The van der Waals surface area contributed by atoms with Gasteiger partial charge in [-0.3, -0.25) is 4.79 Å². The predicted molar refractivity (Wildman–Crippen MR) is 61.7 cm³/mol. The number of nitrogens with zero attached hydrogens (tertiary/aromatic N) is 2. The van der Waals surface area contributed by atoms with Gasteiger partial charge in [0, 0.05) is 19.1 Å². The van der Waals surface area contributed by atoms with Crippen LogP contribution in [0.15, 0.2) is 0 Å². The second-order valence-electron chi connectivity index (χ2n) is 4.97. The molecule has 17 heavy (non-hydrogen) atoms. The molecule has 0 unspecified atom stereocenters. The van der Waals surface area contributed by atoms with E-state index in [4.69, 9.17) is 5.11 Å². The number of hydrogen-bond donors (Lipinski definition) is 2. The molecule has 0 aromatic heterocycles. The van der Waals surface area contributed by atoms with Crippen LogP contribution >= 0.6 is 0 Å². The van der Waals surface area contributed by atoms with Gasteiger partial charge in [-0.1, -0.05) is 0 Å². The number of aliphatic carboxylic acids is 1. The average molecular weight is 241 g/mol. The van der Waals surface area contributed by atoms with E-state index in [0.29, 0.717) is 13.1 Å². The Morgan fingerprint density at radius 1 is 1.24 bits per heavy atom. The fraction of sp³-hybridized carbons (Fsp3) is 0.818. The van der Waals surface area contributed by atoms with Gasteiger partial charge in [0.25, 0.3) is 0 Å². The van der Waals surface area contributed by atoms with Crippen LogP contribution < -0.4 is 5.32 Å². The Morgan fingerprint density at radius 2 is 1.82 bits per heavy atom. The van der Waals surface area contributed by atoms with Crippen LogP contribution in [-0.2, 0) is 4.79 Å².